The Morgan fingerprint density at radius 1 is 1.32 bits per heavy atom. The van der Waals surface area contributed by atoms with Gasteiger partial charge in [0.15, 0.2) is 0 Å². The van der Waals surface area contributed by atoms with Gasteiger partial charge in [-0.3, -0.25) is 9.59 Å². The number of likely N-dealkylation sites (tertiary alicyclic amines) is 1. The molecule has 1 saturated heterocycles. The van der Waals surface area contributed by atoms with Crippen LogP contribution < -0.4 is 0 Å². The van der Waals surface area contributed by atoms with Crippen molar-refractivity contribution >= 4 is 23.6 Å². The molecule has 1 heterocycles. The van der Waals surface area contributed by atoms with Crippen LogP contribution in [0.3, 0.4) is 0 Å². The second-order valence-corrected chi connectivity index (χ2v) is 7.39. The summed E-state index contributed by atoms with van der Waals surface area (Å²) < 4.78 is 0. The fourth-order valence-corrected chi connectivity index (χ4v) is 3.76. The third kappa shape index (κ3) is 4.50. The van der Waals surface area contributed by atoms with E-state index in [1.54, 1.807) is 16.7 Å². The van der Waals surface area contributed by atoms with Crippen LogP contribution >= 0.6 is 11.8 Å². The molecule has 1 amide bonds. The highest BCUT2D eigenvalue weighted by atomic mass is 32.2. The average Bonchev–Trinajstić information content (AvgIpc) is 2.52. The third-order valence-corrected chi connectivity index (χ3v) is 5.21. The number of aliphatic carboxylic acids is 1. The monoisotopic (exact) mass is 321 g/mol. The number of hydrogen-bond donors (Lipinski definition) is 1. The van der Waals surface area contributed by atoms with Crippen LogP contribution in [0.5, 0.6) is 0 Å². The first-order valence-corrected chi connectivity index (χ1v) is 8.69. The van der Waals surface area contributed by atoms with E-state index < -0.39 is 11.9 Å². The molecule has 0 radical (unpaired) electrons. The van der Waals surface area contributed by atoms with Crippen LogP contribution in [0.2, 0.25) is 0 Å². The molecule has 2 rings (SSSR count). The highest BCUT2D eigenvalue weighted by molar-refractivity contribution is 7.99. The number of rotatable bonds is 5. The maximum atomic E-state index is 12.5. The lowest BCUT2D eigenvalue weighted by Gasteiger charge is -2.36. The largest absolute Gasteiger partial charge is 0.481 e. The minimum atomic E-state index is -0.797. The molecular formula is C17H23NO3S. The van der Waals surface area contributed by atoms with E-state index in [0.29, 0.717) is 19.5 Å². The molecule has 4 nitrogen and oxygen atoms in total. The third-order valence-electron chi connectivity index (χ3n) is 4.01. The van der Waals surface area contributed by atoms with Crippen molar-refractivity contribution in [3.05, 3.63) is 35.9 Å². The maximum absolute atomic E-state index is 12.5. The fraction of sp³-hybridized carbons (Fsp3) is 0.529. The first-order valence-electron chi connectivity index (χ1n) is 7.64. The molecule has 5 heteroatoms. The van der Waals surface area contributed by atoms with E-state index in [4.69, 9.17) is 0 Å². The molecule has 1 N–H and O–H groups in total. The summed E-state index contributed by atoms with van der Waals surface area (Å²) in [5, 5.41) is 9.05. The summed E-state index contributed by atoms with van der Waals surface area (Å²) in [5.41, 5.74) is 1.20. The van der Waals surface area contributed by atoms with E-state index in [1.165, 1.54) is 5.56 Å². The number of carbonyl (C=O) groups is 2. The number of carboxylic acids is 1. The Bertz CT molecular complexity index is 520. The summed E-state index contributed by atoms with van der Waals surface area (Å²) >= 11 is 1.60. The maximum Gasteiger partial charge on any atom is 0.308 e. The highest BCUT2D eigenvalue weighted by Crippen LogP contribution is 2.25. The molecule has 0 spiro atoms. The van der Waals surface area contributed by atoms with Crippen LogP contribution in [-0.2, 0) is 15.3 Å². The van der Waals surface area contributed by atoms with Crippen molar-refractivity contribution in [1.82, 2.24) is 4.90 Å². The number of nitrogens with zero attached hydrogens (tertiary/aromatic N) is 1. The second kappa shape index (κ2) is 7.68. The van der Waals surface area contributed by atoms with Gasteiger partial charge in [-0.2, -0.15) is 0 Å². The Morgan fingerprint density at radius 2 is 2.00 bits per heavy atom. The standard InChI is InChI=1S/C17H23NO3S/c1-12-8-15(17(20)21)10-18(9-12)16(19)13(2)22-11-14-6-4-3-5-7-14/h3-7,12-13,15H,8-11H2,1-2H3,(H,20,21). The first-order chi connectivity index (χ1) is 10.5. The van der Waals surface area contributed by atoms with Gasteiger partial charge in [0.05, 0.1) is 11.2 Å². The summed E-state index contributed by atoms with van der Waals surface area (Å²) in [4.78, 5) is 25.5. The van der Waals surface area contributed by atoms with Crippen LogP contribution in [0.15, 0.2) is 30.3 Å². The molecule has 1 aromatic carbocycles. The van der Waals surface area contributed by atoms with Gasteiger partial charge >= 0.3 is 5.97 Å². The molecule has 3 atom stereocenters. The molecule has 22 heavy (non-hydrogen) atoms. The average molecular weight is 321 g/mol. The van der Waals surface area contributed by atoms with E-state index in [1.807, 2.05) is 44.2 Å². The molecular weight excluding hydrogens is 298 g/mol. The minimum Gasteiger partial charge on any atom is -0.481 e. The minimum absolute atomic E-state index is 0.0544. The number of carbonyl (C=O) groups excluding carboxylic acids is 1. The number of hydrogen-bond acceptors (Lipinski definition) is 3. The van der Waals surface area contributed by atoms with Gasteiger partial charge < -0.3 is 10.0 Å². The molecule has 120 valence electrons. The normalized spacial score (nSPS) is 23.1. The summed E-state index contributed by atoms with van der Waals surface area (Å²) in [6, 6.07) is 10.1. The zero-order valence-electron chi connectivity index (χ0n) is 13.1. The second-order valence-electron chi connectivity index (χ2n) is 6.06. The number of benzene rings is 1. The molecule has 0 aromatic heterocycles. The first kappa shape index (κ1) is 16.9. The van der Waals surface area contributed by atoms with Crippen molar-refractivity contribution < 1.29 is 14.7 Å². The molecule has 0 saturated carbocycles. The molecule has 1 aliphatic heterocycles. The Hall–Kier alpha value is -1.49. The summed E-state index contributed by atoms with van der Waals surface area (Å²) in [6.07, 6.45) is 0.657. The molecule has 1 aliphatic rings. The van der Waals surface area contributed by atoms with Gasteiger partial charge in [0.2, 0.25) is 5.91 Å². The lowest BCUT2D eigenvalue weighted by Crippen LogP contribution is -2.48. The van der Waals surface area contributed by atoms with E-state index in [2.05, 4.69) is 0 Å². The zero-order valence-corrected chi connectivity index (χ0v) is 13.9. The van der Waals surface area contributed by atoms with Crippen molar-refractivity contribution in [1.29, 1.82) is 0 Å². The Labute approximate surface area is 135 Å². The van der Waals surface area contributed by atoms with Crippen molar-refractivity contribution in [3.8, 4) is 0 Å². The van der Waals surface area contributed by atoms with Gasteiger partial charge in [-0.05, 0) is 24.8 Å². The predicted molar refractivity (Wildman–Crippen MR) is 88.7 cm³/mol. The number of carboxylic acid groups (broad SMARTS) is 1. The lowest BCUT2D eigenvalue weighted by atomic mass is 9.90. The highest BCUT2D eigenvalue weighted by Gasteiger charge is 2.33. The van der Waals surface area contributed by atoms with Crippen molar-refractivity contribution in [3.63, 3.8) is 0 Å². The van der Waals surface area contributed by atoms with E-state index in [0.717, 1.165) is 5.75 Å². The quantitative estimate of drug-likeness (QED) is 0.906. The number of amides is 1. The van der Waals surface area contributed by atoms with Crippen LogP contribution in [-0.4, -0.2) is 40.2 Å². The summed E-state index contributed by atoms with van der Waals surface area (Å²) in [6.45, 7) is 4.93. The smallest absolute Gasteiger partial charge is 0.308 e. The van der Waals surface area contributed by atoms with Gasteiger partial charge in [-0.25, -0.2) is 0 Å². The van der Waals surface area contributed by atoms with Gasteiger partial charge in [-0.1, -0.05) is 37.3 Å². The fourth-order valence-electron chi connectivity index (χ4n) is 2.83. The molecule has 1 fully saturated rings. The molecule has 0 bridgehead atoms. The Balaban J connectivity index is 1.90. The van der Waals surface area contributed by atoms with E-state index in [-0.39, 0.29) is 17.1 Å². The topological polar surface area (TPSA) is 57.6 Å². The van der Waals surface area contributed by atoms with Gasteiger partial charge in [0, 0.05) is 18.8 Å². The molecule has 0 aliphatic carbocycles. The zero-order chi connectivity index (χ0) is 16.1. The van der Waals surface area contributed by atoms with Crippen LogP contribution in [0, 0.1) is 11.8 Å². The van der Waals surface area contributed by atoms with E-state index in [9.17, 15) is 14.7 Å². The summed E-state index contributed by atoms with van der Waals surface area (Å²) in [5.74, 6) is -0.142. The van der Waals surface area contributed by atoms with Crippen LogP contribution in [0.4, 0.5) is 0 Å². The number of thioether (sulfide) groups is 1. The van der Waals surface area contributed by atoms with Crippen molar-refractivity contribution in [2.45, 2.75) is 31.3 Å². The van der Waals surface area contributed by atoms with Gasteiger partial charge in [0.1, 0.15) is 0 Å². The molecule has 1 aromatic rings. The van der Waals surface area contributed by atoms with Crippen molar-refractivity contribution in [2.24, 2.45) is 11.8 Å². The SMILES string of the molecule is CC1CC(C(=O)O)CN(C(=O)C(C)SCc2ccccc2)C1. The van der Waals surface area contributed by atoms with Crippen LogP contribution in [0.1, 0.15) is 25.8 Å². The Kier molecular flexibility index (Phi) is 5.89. The Morgan fingerprint density at radius 3 is 2.64 bits per heavy atom. The van der Waals surface area contributed by atoms with Gasteiger partial charge in [0.25, 0.3) is 0 Å². The molecule has 3 unspecified atom stereocenters. The van der Waals surface area contributed by atoms with E-state index >= 15 is 0 Å². The number of piperidine rings is 1. The summed E-state index contributed by atoms with van der Waals surface area (Å²) in [7, 11) is 0. The van der Waals surface area contributed by atoms with Crippen LogP contribution in [0.25, 0.3) is 0 Å². The lowest BCUT2D eigenvalue weighted by molar-refractivity contribution is -0.146. The predicted octanol–water partition coefficient (Wildman–Crippen LogP) is 2.88. The van der Waals surface area contributed by atoms with Crippen molar-refractivity contribution in [2.75, 3.05) is 13.1 Å². The van der Waals surface area contributed by atoms with Gasteiger partial charge in [-0.15, -0.1) is 11.8 Å².